The van der Waals surface area contributed by atoms with Crippen molar-refractivity contribution >= 4 is 39.9 Å². The Kier molecular flexibility index (Phi) is 8.40. The molecule has 2 heterocycles. The second kappa shape index (κ2) is 10.7. The molecular weight excluding hydrogens is 486 g/mol. The SMILES string of the molecule is CCc1ccc(S(=O)(=O)N2CCC3(CC2)NCCN=C3NCc2ccc(F)c(Cl)c2)cc1.Cl. The predicted molar refractivity (Wildman–Crippen MR) is 132 cm³/mol. The molecule has 2 aromatic carbocycles. The number of aryl methyl sites for hydroxylation is 1. The lowest BCUT2D eigenvalue weighted by atomic mass is 9.85. The van der Waals surface area contributed by atoms with E-state index in [1.165, 1.54) is 6.07 Å². The molecule has 1 saturated heterocycles. The molecule has 0 unspecified atom stereocenters. The van der Waals surface area contributed by atoms with Crippen LogP contribution in [-0.4, -0.2) is 50.3 Å². The van der Waals surface area contributed by atoms with Gasteiger partial charge in [-0.2, -0.15) is 4.31 Å². The van der Waals surface area contributed by atoms with Crippen molar-refractivity contribution in [1.82, 2.24) is 14.9 Å². The minimum absolute atomic E-state index is 0. The number of hydrogen-bond donors (Lipinski definition) is 2. The maximum atomic E-state index is 13.4. The van der Waals surface area contributed by atoms with Gasteiger partial charge in [0.1, 0.15) is 11.7 Å². The standard InChI is InChI=1S/C23H28ClFN4O2S.ClH/c1-2-17-3-6-19(7-4-17)32(30,31)29-13-9-23(10-14-29)22(26-11-12-28-23)27-16-18-5-8-21(25)20(24)15-18;/h3-8,15,28H,2,9-14,16H2,1H3,(H,26,27);1H. The minimum Gasteiger partial charge on any atom is -0.368 e. The molecule has 0 atom stereocenters. The van der Waals surface area contributed by atoms with Crippen molar-refractivity contribution in [1.29, 1.82) is 0 Å². The van der Waals surface area contributed by atoms with Gasteiger partial charge in [-0.1, -0.05) is 36.7 Å². The predicted octanol–water partition coefficient (Wildman–Crippen LogP) is 3.78. The summed E-state index contributed by atoms with van der Waals surface area (Å²) >= 11 is 5.90. The Bertz CT molecular complexity index is 1100. The summed E-state index contributed by atoms with van der Waals surface area (Å²) in [5.74, 6) is 0.384. The average molecular weight is 515 g/mol. The number of amidine groups is 1. The van der Waals surface area contributed by atoms with E-state index in [-0.39, 0.29) is 23.0 Å². The maximum Gasteiger partial charge on any atom is 0.243 e. The Morgan fingerprint density at radius 2 is 1.82 bits per heavy atom. The van der Waals surface area contributed by atoms with Gasteiger partial charge >= 0.3 is 0 Å². The summed E-state index contributed by atoms with van der Waals surface area (Å²) in [6, 6.07) is 11.8. The van der Waals surface area contributed by atoms with Crippen molar-refractivity contribution in [2.75, 3.05) is 26.2 Å². The van der Waals surface area contributed by atoms with Crippen molar-refractivity contribution < 1.29 is 12.8 Å². The van der Waals surface area contributed by atoms with Crippen LogP contribution in [0.5, 0.6) is 0 Å². The Labute approximate surface area is 206 Å². The quantitative estimate of drug-likeness (QED) is 0.636. The van der Waals surface area contributed by atoms with E-state index in [4.69, 9.17) is 16.6 Å². The smallest absolute Gasteiger partial charge is 0.243 e. The molecular formula is C23H29Cl2FN4O2S. The van der Waals surface area contributed by atoms with E-state index in [1.54, 1.807) is 28.6 Å². The van der Waals surface area contributed by atoms with Gasteiger partial charge in [-0.05, 0) is 54.7 Å². The van der Waals surface area contributed by atoms with Crippen molar-refractivity contribution in [3.05, 3.63) is 64.4 Å². The normalized spacial score (nSPS) is 18.5. The molecule has 0 aromatic heterocycles. The van der Waals surface area contributed by atoms with Gasteiger partial charge in [0.25, 0.3) is 0 Å². The van der Waals surface area contributed by atoms with E-state index in [0.29, 0.717) is 43.9 Å². The Hall–Kier alpha value is -1.71. The zero-order valence-corrected chi connectivity index (χ0v) is 20.9. The van der Waals surface area contributed by atoms with E-state index in [1.807, 2.05) is 19.1 Å². The summed E-state index contributed by atoms with van der Waals surface area (Å²) in [6.45, 7) is 4.73. The molecule has 2 aromatic rings. The number of nitrogens with one attached hydrogen (secondary N) is 2. The maximum absolute atomic E-state index is 13.4. The topological polar surface area (TPSA) is 73.8 Å². The fraction of sp³-hybridized carbons (Fsp3) is 0.435. The van der Waals surface area contributed by atoms with Crippen LogP contribution >= 0.6 is 24.0 Å². The zero-order valence-electron chi connectivity index (χ0n) is 18.5. The lowest BCUT2D eigenvalue weighted by molar-refractivity contribution is 0.241. The monoisotopic (exact) mass is 514 g/mol. The molecule has 33 heavy (non-hydrogen) atoms. The molecule has 180 valence electrons. The highest BCUT2D eigenvalue weighted by atomic mass is 35.5. The zero-order chi connectivity index (χ0) is 22.8. The van der Waals surface area contributed by atoms with Crippen LogP contribution in [0.2, 0.25) is 5.02 Å². The van der Waals surface area contributed by atoms with Crippen LogP contribution < -0.4 is 10.6 Å². The second-order valence-electron chi connectivity index (χ2n) is 8.24. The molecule has 0 saturated carbocycles. The summed E-state index contributed by atoms with van der Waals surface area (Å²) in [4.78, 5) is 5.03. The highest BCUT2D eigenvalue weighted by Gasteiger charge is 2.43. The van der Waals surface area contributed by atoms with Gasteiger partial charge in [-0.3, -0.25) is 4.99 Å². The van der Waals surface area contributed by atoms with E-state index < -0.39 is 15.8 Å². The molecule has 0 aliphatic carbocycles. The minimum atomic E-state index is -3.53. The number of nitrogens with zero attached hydrogens (tertiary/aromatic N) is 2. The van der Waals surface area contributed by atoms with E-state index in [2.05, 4.69) is 10.6 Å². The first-order valence-corrected chi connectivity index (χ1v) is 12.7. The molecule has 0 amide bonds. The first-order valence-electron chi connectivity index (χ1n) is 10.9. The number of rotatable bonds is 5. The van der Waals surface area contributed by atoms with Gasteiger partial charge in [-0.25, -0.2) is 12.8 Å². The van der Waals surface area contributed by atoms with Crippen LogP contribution in [0.4, 0.5) is 4.39 Å². The molecule has 2 aliphatic heterocycles. The number of sulfonamides is 1. The van der Waals surface area contributed by atoms with Crippen molar-refractivity contribution in [2.24, 2.45) is 4.99 Å². The summed E-state index contributed by atoms with van der Waals surface area (Å²) < 4.78 is 41.2. The van der Waals surface area contributed by atoms with Crippen LogP contribution in [0.15, 0.2) is 52.4 Å². The van der Waals surface area contributed by atoms with Gasteiger partial charge in [0.2, 0.25) is 10.0 Å². The average Bonchev–Trinajstić information content (AvgIpc) is 2.81. The van der Waals surface area contributed by atoms with Gasteiger partial charge < -0.3 is 10.6 Å². The summed E-state index contributed by atoms with van der Waals surface area (Å²) in [6.07, 6.45) is 2.11. The van der Waals surface area contributed by atoms with Crippen LogP contribution in [0.1, 0.15) is 30.9 Å². The van der Waals surface area contributed by atoms with Crippen LogP contribution in [0.3, 0.4) is 0 Å². The Morgan fingerprint density at radius 1 is 1.15 bits per heavy atom. The third-order valence-electron chi connectivity index (χ3n) is 6.29. The Morgan fingerprint density at radius 3 is 2.45 bits per heavy atom. The van der Waals surface area contributed by atoms with Crippen LogP contribution in [0.25, 0.3) is 0 Å². The molecule has 4 rings (SSSR count). The van der Waals surface area contributed by atoms with Crippen molar-refractivity contribution in [2.45, 2.75) is 43.2 Å². The highest BCUT2D eigenvalue weighted by molar-refractivity contribution is 7.89. The van der Waals surface area contributed by atoms with Gasteiger partial charge in [0, 0.05) is 26.2 Å². The van der Waals surface area contributed by atoms with Crippen LogP contribution in [-0.2, 0) is 23.0 Å². The largest absolute Gasteiger partial charge is 0.368 e. The van der Waals surface area contributed by atoms with E-state index in [0.717, 1.165) is 29.9 Å². The molecule has 6 nitrogen and oxygen atoms in total. The number of piperidine rings is 1. The van der Waals surface area contributed by atoms with Gasteiger partial charge in [0.15, 0.2) is 0 Å². The summed E-state index contributed by atoms with van der Waals surface area (Å²) in [5, 5.41) is 7.04. The Balaban J connectivity index is 0.00000306. The highest BCUT2D eigenvalue weighted by Crippen LogP contribution is 2.29. The molecule has 0 radical (unpaired) electrons. The number of benzene rings is 2. The first kappa shape index (κ1) is 25.9. The first-order chi connectivity index (χ1) is 15.3. The van der Waals surface area contributed by atoms with E-state index >= 15 is 0 Å². The summed E-state index contributed by atoms with van der Waals surface area (Å²) in [5.41, 5.74) is 1.58. The molecule has 1 spiro atoms. The number of halogens is 3. The fourth-order valence-electron chi connectivity index (χ4n) is 4.33. The van der Waals surface area contributed by atoms with Gasteiger partial charge in [-0.15, -0.1) is 12.4 Å². The molecule has 10 heteroatoms. The molecule has 2 N–H and O–H groups in total. The second-order valence-corrected chi connectivity index (χ2v) is 10.6. The third kappa shape index (κ3) is 5.52. The third-order valence-corrected chi connectivity index (χ3v) is 8.49. The van der Waals surface area contributed by atoms with E-state index in [9.17, 15) is 12.8 Å². The molecule has 2 aliphatic rings. The van der Waals surface area contributed by atoms with Crippen molar-refractivity contribution in [3.8, 4) is 0 Å². The van der Waals surface area contributed by atoms with Gasteiger partial charge in [0.05, 0.1) is 22.0 Å². The number of hydrogen-bond acceptors (Lipinski definition) is 5. The summed E-state index contributed by atoms with van der Waals surface area (Å²) in [7, 11) is -3.53. The lowest BCUT2D eigenvalue weighted by Gasteiger charge is -2.44. The van der Waals surface area contributed by atoms with Crippen molar-refractivity contribution in [3.63, 3.8) is 0 Å². The molecule has 0 bridgehead atoms. The molecule has 1 fully saturated rings. The fourth-order valence-corrected chi connectivity index (χ4v) is 5.97. The lowest BCUT2D eigenvalue weighted by Crippen LogP contribution is -2.64. The van der Waals surface area contributed by atoms with Crippen LogP contribution in [0, 0.1) is 5.82 Å². The number of aliphatic imine (C=N–C) groups is 1.